The molecule has 13 heteroatoms. The molecule has 40 heavy (non-hydrogen) atoms. The summed E-state index contributed by atoms with van der Waals surface area (Å²) in [5.41, 5.74) is 3.01. The van der Waals surface area contributed by atoms with Gasteiger partial charge in [0.1, 0.15) is 22.9 Å². The van der Waals surface area contributed by atoms with Gasteiger partial charge in [-0.15, -0.1) is 11.3 Å². The summed E-state index contributed by atoms with van der Waals surface area (Å²) in [4.78, 5) is 31.2. The Labute approximate surface area is 245 Å². The van der Waals surface area contributed by atoms with Gasteiger partial charge in [0.05, 0.1) is 40.2 Å². The highest BCUT2D eigenvalue weighted by Gasteiger charge is 2.22. The number of halogens is 2. The molecule has 4 aromatic rings. The maximum atomic E-state index is 13.3. The van der Waals surface area contributed by atoms with Crippen molar-refractivity contribution in [2.24, 2.45) is 0 Å². The number of nitrogens with one attached hydrogen (secondary N) is 2. The van der Waals surface area contributed by atoms with Crippen LogP contribution in [0.1, 0.15) is 21.5 Å². The fourth-order valence-electron chi connectivity index (χ4n) is 4.56. The third-order valence-electron chi connectivity index (χ3n) is 6.76. The van der Waals surface area contributed by atoms with Crippen LogP contribution in [0, 0.1) is 6.92 Å². The minimum atomic E-state index is -0.396. The normalized spacial score (nSPS) is 14.4. The van der Waals surface area contributed by atoms with Crippen LogP contribution in [0.5, 0.6) is 5.75 Å². The summed E-state index contributed by atoms with van der Waals surface area (Å²) in [5, 5.41) is 17.5. The van der Waals surface area contributed by atoms with Crippen LogP contribution in [0.2, 0.25) is 10.0 Å². The van der Waals surface area contributed by atoms with Crippen molar-refractivity contribution >= 4 is 68.0 Å². The summed E-state index contributed by atoms with van der Waals surface area (Å²) in [6.07, 6.45) is 3.27. The quantitative estimate of drug-likeness (QED) is 0.248. The van der Waals surface area contributed by atoms with E-state index in [9.17, 15) is 4.79 Å². The number of piperazine rings is 1. The average Bonchev–Trinajstić information content (AvgIpc) is 3.41. The van der Waals surface area contributed by atoms with Gasteiger partial charge in [-0.2, -0.15) is 0 Å². The minimum absolute atomic E-state index is 0.198. The van der Waals surface area contributed by atoms with Crippen molar-refractivity contribution in [1.29, 1.82) is 0 Å². The highest BCUT2D eigenvalue weighted by molar-refractivity contribution is 7.18. The third kappa shape index (κ3) is 6.14. The van der Waals surface area contributed by atoms with Crippen LogP contribution in [0.25, 0.3) is 10.2 Å². The largest absolute Gasteiger partial charge is 0.495 e. The van der Waals surface area contributed by atoms with E-state index in [2.05, 4.69) is 35.4 Å². The zero-order valence-electron chi connectivity index (χ0n) is 22.1. The number of amides is 1. The number of rotatable bonds is 9. The van der Waals surface area contributed by atoms with Gasteiger partial charge in [-0.25, -0.2) is 15.0 Å². The van der Waals surface area contributed by atoms with E-state index in [1.54, 1.807) is 11.4 Å². The summed E-state index contributed by atoms with van der Waals surface area (Å²) >= 11 is 14.2. The van der Waals surface area contributed by atoms with Gasteiger partial charge in [0.2, 0.25) is 0 Å². The highest BCUT2D eigenvalue weighted by atomic mass is 35.5. The van der Waals surface area contributed by atoms with E-state index >= 15 is 0 Å². The molecule has 0 aliphatic carbocycles. The first kappa shape index (κ1) is 28.5. The Kier molecular flexibility index (Phi) is 8.99. The molecular formula is C27H29Cl2N7O3S. The van der Waals surface area contributed by atoms with Crippen LogP contribution in [-0.2, 0) is 6.54 Å². The predicted octanol–water partition coefficient (Wildman–Crippen LogP) is 4.82. The lowest BCUT2D eigenvalue weighted by molar-refractivity contribution is 0.102. The van der Waals surface area contributed by atoms with Crippen LogP contribution in [0.3, 0.4) is 0 Å². The number of hydrogen-bond acceptors (Lipinski definition) is 10. The lowest BCUT2D eigenvalue weighted by atomic mass is 10.2. The molecule has 1 aromatic carbocycles. The number of aromatic nitrogens is 3. The molecule has 1 aliphatic heterocycles. The van der Waals surface area contributed by atoms with Crippen molar-refractivity contribution in [2.45, 2.75) is 13.5 Å². The lowest BCUT2D eigenvalue weighted by Crippen LogP contribution is -2.46. The summed E-state index contributed by atoms with van der Waals surface area (Å²) < 4.78 is 6.03. The zero-order chi connectivity index (χ0) is 28.2. The van der Waals surface area contributed by atoms with E-state index in [1.165, 1.54) is 24.8 Å². The number of carbonyl (C=O) groups is 1. The Morgan fingerprint density at radius 3 is 2.60 bits per heavy atom. The van der Waals surface area contributed by atoms with Crippen LogP contribution in [0.4, 0.5) is 17.3 Å². The van der Waals surface area contributed by atoms with Gasteiger partial charge in [-0.05, 0) is 30.2 Å². The Morgan fingerprint density at radius 1 is 1.12 bits per heavy atom. The van der Waals surface area contributed by atoms with Crippen LogP contribution in [-0.4, -0.2) is 82.2 Å². The molecule has 0 radical (unpaired) electrons. The first-order chi connectivity index (χ1) is 19.4. The molecule has 1 aliphatic rings. The summed E-state index contributed by atoms with van der Waals surface area (Å²) in [5.74, 6) is 1.22. The number of aliphatic hydroxyl groups excluding tert-OH is 1. The fraction of sp³-hybridized carbons (Fsp3) is 0.333. The topological polar surface area (TPSA) is 116 Å². The number of nitrogens with zero attached hydrogens (tertiary/aromatic N) is 5. The Morgan fingerprint density at radius 2 is 1.90 bits per heavy atom. The number of benzene rings is 1. The Balaban J connectivity index is 1.28. The van der Waals surface area contributed by atoms with Gasteiger partial charge >= 0.3 is 0 Å². The summed E-state index contributed by atoms with van der Waals surface area (Å²) in [6, 6.07) is 5.68. The number of hydrogen-bond donors (Lipinski definition) is 3. The van der Waals surface area contributed by atoms with E-state index in [0.29, 0.717) is 33.5 Å². The van der Waals surface area contributed by atoms with Gasteiger partial charge in [-0.1, -0.05) is 29.3 Å². The van der Waals surface area contributed by atoms with Crippen LogP contribution in [0.15, 0.2) is 36.1 Å². The van der Waals surface area contributed by atoms with E-state index in [1.807, 2.05) is 25.3 Å². The first-order valence-corrected chi connectivity index (χ1v) is 14.3. The molecule has 5 rings (SSSR count). The molecule has 0 saturated carbocycles. The molecule has 0 unspecified atom stereocenters. The monoisotopic (exact) mass is 601 g/mol. The molecule has 0 bridgehead atoms. The van der Waals surface area contributed by atoms with Crippen molar-refractivity contribution in [1.82, 2.24) is 24.8 Å². The smallest absolute Gasteiger partial charge is 0.258 e. The van der Waals surface area contributed by atoms with Gasteiger partial charge in [-0.3, -0.25) is 14.6 Å². The second-order valence-electron chi connectivity index (χ2n) is 9.42. The van der Waals surface area contributed by atoms with Gasteiger partial charge in [0.25, 0.3) is 5.91 Å². The first-order valence-electron chi connectivity index (χ1n) is 12.7. The molecule has 1 amide bonds. The number of anilines is 3. The van der Waals surface area contributed by atoms with Crippen molar-refractivity contribution in [3.05, 3.63) is 62.8 Å². The average molecular weight is 603 g/mol. The van der Waals surface area contributed by atoms with Gasteiger partial charge < -0.3 is 20.5 Å². The standard InChI is InChI=1S/C27H29Cl2N7O3S/c1-16-11-19(39-2)22(29)24(21(16)28)34-27(38)18-14-40-25-23(18)31-15-32-26(25)33-20-4-3-17(12-30-20)13-36-7-5-35(6-8-36)9-10-37/h3-4,11-12,14-15,37H,5-10,13H2,1-2H3,(H,34,38)(H,30,31,32,33). The van der Waals surface area contributed by atoms with Crippen molar-refractivity contribution < 1.29 is 14.6 Å². The molecular weight excluding hydrogens is 573 g/mol. The molecule has 0 atom stereocenters. The molecule has 3 aromatic heterocycles. The maximum absolute atomic E-state index is 13.3. The number of thiophene rings is 1. The zero-order valence-corrected chi connectivity index (χ0v) is 24.4. The molecule has 3 N–H and O–H groups in total. The molecule has 1 saturated heterocycles. The Hall–Kier alpha value is -3.06. The number of fused-ring (bicyclic) bond motifs is 1. The third-order valence-corrected chi connectivity index (χ3v) is 8.60. The molecule has 1 fully saturated rings. The summed E-state index contributed by atoms with van der Waals surface area (Å²) in [6.45, 7) is 7.39. The number of pyridine rings is 1. The predicted molar refractivity (Wildman–Crippen MR) is 159 cm³/mol. The highest BCUT2D eigenvalue weighted by Crippen LogP contribution is 2.41. The van der Waals surface area contributed by atoms with E-state index in [-0.39, 0.29) is 17.3 Å². The number of aliphatic hydroxyl groups is 1. The number of aryl methyl sites for hydroxylation is 1. The Bertz CT molecular complexity index is 1510. The summed E-state index contributed by atoms with van der Waals surface area (Å²) in [7, 11) is 1.50. The van der Waals surface area contributed by atoms with Gasteiger partial charge in [0.15, 0.2) is 5.82 Å². The molecule has 10 nitrogen and oxygen atoms in total. The van der Waals surface area contributed by atoms with Crippen molar-refractivity contribution in [2.75, 3.05) is 57.1 Å². The molecule has 4 heterocycles. The number of β-amino-alcohol motifs (C(OH)–C–C–N with tert-alkyl or cyclic N) is 1. The molecule has 0 spiro atoms. The second-order valence-corrected chi connectivity index (χ2v) is 11.1. The van der Waals surface area contributed by atoms with Crippen LogP contribution >= 0.6 is 34.5 Å². The lowest BCUT2D eigenvalue weighted by Gasteiger charge is -2.34. The van der Waals surface area contributed by atoms with Crippen molar-refractivity contribution in [3.8, 4) is 5.75 Å². The SMILES string of the molecule is COc1cc(C)c(Cl)c(NC(=O)c2csc3c(Nc4ccc(CN5CCN(CCO)CC5)cn4)ncnc23)c1Cl. The number of methoxy groups -OCH3 is 1. The van der Waals surface area contributed by atoms with Crippen molar-refractivity contribution in [3.63, 3.8) is 0 Å². The van der Waals surface area contributed by atoms with Crippen LogP contribution < -0.4 is 15.4 Å². The van der Waals surface area contributed by atoms with E-state index in [4.69, 9.17) is 33.0 Å². The number of ether oxygens (including phenoxy) is 1. The second kappa shape index (κ2) is 12.6. The number of carbonyl (C=O) groups excluding carboxylic acids is 1. The van der Waals surface area contributed by atoms with Gasteiger partial charge in [0, 0.05) is 50.8 Å². The minimum Gasteiger partial charge on any atom is -0.495 e. The van der Waals surface area contributed by atoms with E-state index < -0.39 is 5.91 Å². The molecule has 210 valence electrons. The fourth-order valence-corrected chi connectivity index (χ4v) is 6.03. The maximum Gasteiger partial charge on any atom is 0.258 e. The van der Waals surface area contributed by atoms with E-state index in [0.717, 1.165) is 55.1 Å².